The molecule has 0 spiro atoms. The molecule has 0 unspecified atom stereocenters. The SMILES string of the molecule is CCCCCCOC(=O)N[C@H](C(=O)O)[C@@H](C)O. The van der Waals surface area contributed by atoms with E-state index < -0.39 is 24.2 Å². The summed E-state index contributed by atoms with van der Waals surface area (Å²) < 4.78 is 4.79. The van der Waals surface area contributed by atoms with E-state index in [4.69, 9.17) is 14.9 Å². The van der Waals surface area contributed by atoms with Crippen molar-refractivity contribution < 1.29 is 24.5 Å². The quantitative estimate of drug-likeness (QED) is 0.559. The van der Waals surface area contributed by atoms with E-state index in [0.29, 0.717) is 0 Å². The number of unbranched alkanes of at least 4 members (excludes halogenated alkanes) is 3. The molecule has 1 amide bonds. The fourth-order valence-corrected chi connectivity index (χ4v) is 1.25. The molecule has 0 radical (unpaired) electrons. The average molecular weight is 247 g/mol. The number of carboxylic acid groups (broad SMARTS) is 1. The van der Waals surface area contributed by atoms with Gasteiger partial charge in [0.2, 0.25) is 0 Å². The predicted molar refractivity (Wildman–Crippen MR) is 61.7 cm³/mol. The second kappa shape index (κ2) is 8.81. The Kier molecular flexibility index (Phi) is 8.13. The molecule has 0 heterocycles. The molecule has 6 nitrogen and oxygen atoms in total. The number of carbonyl (C=O) groups is 2. The van der Waals surface area contributed by atoms with Crippen LogP contribution in [0.5, 0.6) is 0 Å². The van der Waals surface area contributed by atoms with Crippen LogP contribution in [-0.2, 0) is 9.53 Å². The Labute approximate surface area is 101 Å². The van der Waals surface area contributed by atoms with Crippen LogP contribution in [0.25, 0.3) is 0 Å². The van der Waals surface area contributed by atoms with Gasteiger partial charge in [0.15, 0.2) is 6.04 Å². The fourth-order valence-electron chi connectivity index (χ4n) is 1.25. The van der Waals surface area contributed by atoms with E-state index in [9.17, 15) is 9.59 Å². The molecule has 0 rings (SSSR count). The molecule has 0 saturated carbocycles. The van der Waals surface area contributed by atoms with Gasteiger partial charge in [-0.1, -0.05) is 26.2 Å². The number of rotatable bonds is 8. The molecule has 2 atom stereocenters. The van der Waals surface area contributed by atoms with Gasteiger partial charge >= 0.3 is 12.1 Å². The number of hydrogen-bond acceptors (Lipinski definition) is 4. The zero-order valence-electron chi connectivity index (χ0n) is 10.3. The first-order valence-electron chi connectivity index (χ1n) is 5.83. The van der Waals surface area contributed by atoms with Crippen molar-refractivity contribution in [3.05, 3.63) is 0 Å². The van der Waals surface area contributed by atoms with Gasteiger partial charge in [0, 0.05) is 0 Å². The van der Waals surface area contributed by atoms with Crippen LogP contribution >= 0.6 is 0 Å². The molecule has 0 fully saturated rings. The maximum Gasteiger partial charge on any atom is 0.407 e. The molecular formula is C11H21NO5. The van der Waals surface area contributed by atoms with Crippen molar-refractivity contribution in [2.75, 3.05) is 6.61 Å². The van der Waals surface area contributed by atoms with Gasteiger partial charge in [0.1, 0.15) is 0 Å². The minimum absolute atomic E-state index is 0.262. The van der Waals surface area contributed by atoms with E-state index >= 15 is 0 Å². The molecule has 0 aliphatic heterocycles. The van der Waals surface area contributed by atoms with Crippen molar-refractivity contribution >= 4 is 12.1 Å². The molecule has 0 bridgehead atoms. The largest absolute Gasteiger partial charge is 0.480 e. The summed E-state index contributed by atoms with van der Waals surface area (Å²) in [5.41, 5.74) is 0. The van der Waals surface area contributed by atoms with E-state index in [0.717, 1.165) is 25.7 Å². The summed E-state index contributed by atoms with van der Waals surface area (Å²) in [4.78, 5) is 21.8. The van der Waals surface area contributed by atoms with Crippen molar-refractivity contribution in [2.45, 2.75) is 51.7 Å². The summed E-state index contributed by atoms with van der Waals surface area (Å²) in [6.45, 7) is 3.63. The summed E-state index contributed by atoms with van der Waals surface area (Å²) in [7, 11) is 0. The number of carboxylic acids is 1. The molecule has 3 N–H and O–H groups in total. The molecule has 0 aromatic rings. The molecule has 6 heteroatoms. The minimum Gasteiger partial charge on any atom is -0.480 e. The number of hydrogen-bond donors (Lipinski definition) is 3. The number of aliphatic carboxylic acids is 1. The average Bonchev–Trinajstić information content (AvgIpc) is 2.24. The smallest absolute Gasteiger partial charge is 0.407 e. The van der Waals surface area contributed by atoms with Gasteiger partial charge in [-0.2, -0.15) is 0 Å². The van der Waals surface area contributed by atoms with Crippen molar-refractivity contribution in [2.24, 2.45) is 0 Å². The van der Waals surface area contributed by atoms with Gasteiger partial charge in [-0.05, 0) is 13.3 Å². The first-order chi connectivity index (χ1) is 7.99. The van der Waals surface area contributed by atoms with Crippen LogP contribution in [0.1, 0.15) is 39.5 Å². The number of nitrogens with one attached hydrogen (secondary N) is 1. The Balaban J connectivity index is 3.80. The third-order valence-electron chi connectivity index (χ3n) is 2.25. The highest BCUT2D eigenvalue weighted by Gasteiger charge is 2.25. The van der Waals surface area contributed by atoms with Crippen molar-refractivity contribution in [1.82, 2.24) is 5.32 Å². The first kappa shape index (κ1) is 15.7. The second-order valence-corrected chi connectivity index (χ2v) is 3.90. The Morgan fingerprint density at radius 1 is 1.29 bits per heavy atom. The summed E-state index contributed by atoms with van der Waals surface area (Å²) >= 11 is 0. The van der Waals surface area contributed by atoms with Crippen LogP contribution in [0.15, 0.2) is 0 Å². The van der Waals surface area contributed by atoms with Crippen molar-refractivity contribution in [3.8, 4) is 0 Å². The summed E-state index contributed by atoms with van der Waals surface area (Å²) in [6.07, 6.45) is 1.93. The second-order valence-electron chi connectivity index (χ2n) is 3.90. The highest BCUT2D eigenvalue weighted by molar-refractivity contribution is 5.80. The lowest BCUT2D eigenvalue weighted by Crippen LogP contribution is -2.47. The summed E-state index contributed by atoms with van der Waals surface area (Å²) in [5, 5.41) is 19.9. The summed E-state index contributed by atoms with van der Waals surface area (Å²) in [5.74, 6) is -1.29. The molecule has 0 saturated heterocycles. The van der Waals surface area contributed by atoms with E-state index in [-0.39, 0.29) is 6.61 Å². The van der Waals surface area contributed by atoms with Crippen LogP contribution in [0, 0.1) is 0 Å². The monoisotopic (exact) mass is 247 g/mol. The maximum absolute atomic E-state index is 11.2. The molecule has 100 valence electrons. The van der Waals surface area contributed by atoms with E-state index in [2.05, 4.69) is 12.2 Å². The molecule has 0 aromatic carbocycles. The van der Waals surface area contributed by atoms with Gasteiger partial charge in [0.05, 0.1) is 12.7 Å². The summed E-state index contributed by atoms with van der Waals surface area (Å²) in [6, 6.07) is -1.34. The third-order valence-corrected chi connectivity index (χ3v) is 2.25. The van der Waals surface area contributed by atoms with Gasteiger partial charge in [-0.25, -0.2) is 9.59 Å². The minimum atomic E-state index is -1.34. The third kappa shape index (κ3) is 7.57. The van der Waals surface area contributed by atoms with Crippen LogP contribution in [0.4, 0.5) is 4.79 Å². The number of carbonyl (C=O) groups excluding carboxylic acids is 1. The van der Waals surface area contributed by atoms with E-state index in [1.54, 1.807) is 0 Å². The Hall–Kier alpha value is -1.30. The maximum atomic E-state index is 11.2. The van der Waals surface area contributed by atoms with Crippen molar-refractivity contribution in [1.29, 1.82) is 0 Å². The van der Waals surface area contributed by atoms with E-state index in [1.807, 2.05) is 0 Å². The number of amides is 1. The lowest BCUT2D eigenvalue weighted by Gasteiger charge is -2.16. The Morgan fingerprint density at radius 3 is 2.41 bits per heavy atom. The standard InChI is InChI=1S/C11H21NO5/c1-3-4-5-6-7-17-11(16)12-9(8(2)13)10(14)15/h8-9,13H,3-7H2,1-2H3,(H,12,16)(H,14,15)/t8-,9+/m1/s1. The Bertz CT molecular complexity index is 242. The number of ether oxygens (including phenoxy) is 1. The fraction of sp³-hybridized carbons (Fsp3) is 0.818. The van der Waals surface area contributed by atoms with Crippen LogP contribution in [0.3, 0.4) is 0 Å². The van der Waals surface area contributed by atoms with Crippen LogP contribution in [0.2, 0.25) is 0 Å². The normalized spacial score (nSPS) is 13.8. The van der Waals surface area contributed by atoms with Crippen LogP contribution in [-0.4, -0.2) is 41.0 Å². The first-order valence-corrected chi connectivity index (χ1v) is 5.83. The number of aliphatic hydroxyl groups excluding tert-OH is 1. The zero-order valence-corrected chi connectivity index (χ0v) is 10.3. The van der Waals surface area contributed by atoms with E-state index in [1.165, 1.54) is 6.92 Å². The zero-order chi connectivity index (χ0) is 13.3. The van der Waals surface area contributed by atoms with Gasteiger partial charge in [0.25, 0.3) is 0 Å². The molecular weight excluding hydrogens is 226 g/mol. The van der Waals surface area contributed by atoms with Gasteiger partial charge in [-0.15, -0.1) is 0 Å². The van der Waals surface area contributed by atoms with Crippen molar-refractivity contribution in [3.63, 3.8) is 0 Å². The molecule has 0 aliphatic carbocycles. The lowest BCUT2D eigenvalue weighted by atomic mass is 10.2. The molecule has 0 aromatic heterocycles. The van der Waals surface area contributed by atoms with Crippen LogP contribution < -0.4 is 5.32 Å². The number of alkyl carbamates (subject to hydrolysis) is 1. The Morgan fingerprint density at radius 2 is 1.94 bits per heavy atom. The topological polar surface area (TPSA) is 95.9 Å². The van der Waals surface area contributed by atoms with Gasteiger partial charge in [-0.3, -0.25) is 0 Å². The highest BCUT2D eigenvalue weighted by Crippen LogP contribution is 1.99. The highest BCUT2D eigenvalue weighted by atomic mass is 16.5. The number of aliphatic hydroxyl groups is 1. The molecule has 0 aliphatic rings. The lowest BCUT2D eigenvalue weighted by molar-refractivity contribution is -0.142. The molecule has 17 heavy (non-hydrogen) atoms. The van der Waals surface area contributed by atoms with Gasteiger partial charge < -0.3 is 20.3 Å². The predicted octanol–water partition coefficient (Wildman–Crippen LogP) is 1.13.